The topological polar surface area (TPSA) is 32.3 Å². The molecule has 1 aliphatic heterocycles. The Labute approximate surface area is 56.3 Å². The van der Waals surface area contributed by atoms with Gasteiger partial charge in [-0.1, -0.05) is 6.92 Å². The summed E-state index contributed by atoms with van der Waals surface area (Å²) in [5.74, 6) is 0.656. The molecule has 2 N–H and O–H groups in total. The van der Waals surface area contributed by atoms with Crippen molar-refractivity contribution in [2.24, 2.45) is 5.92 Å². The van der Waals surface area contributed by atoms with Crippen molar-refractivity contribution >= 4 is 0 Å². The van der Waals surface area contributed by atoms with Gasteiger partial charge in [0.05, 0.1) is 0 Å². The summed E-state index contributed by atoms with van der Waals surface area (Å²) in [5.41, 5.74) is 0. The van der Waals surface area contributed by atoms with Gasteiger partial charge in [-0.05, 0) is 25.3 Å². The number of hydrogen-bond donors (Lipinski definition) is 2. The van der Waals surface area contributed by atoms with Gasteiger partial charge in [-0.25, -0.2) is 0 Å². The van der Waals surface area contributed by atoms with Crippen molar-refractivity contribution < 1.29 is 5.11 Å². The van der Waals surface area contributed by atoms with Crippen LogP contribution in [0.5, 0.6) is 0 Å². The molecule has 1 rings (SSSR count). The first-order valence-electron chi connectivity index (χ1n) is 3.69. The lowest BCUT2D eigenvalue weighted by Crippen LogP contribution is -2.47. The summed E-state index contributed by atoms with van der Waals surface area (Å²) in [5, 5.41) is 11.9. The summed E-state index contributed by atoms with van der Waals surface area (Å²) in [7, 11) is 0. The molecule has 1 fully saturated rings. The van der Waals surface area contributed by atoms with Crippen LogP contribution >= 0.6 is 0 Å². The Morgan fingerprint density at radius 1 is 1.78 bits per heavy atom. The molecule has 0 aromatic carbocycles. The van der Waals surface area contributed by atoms with E-state index in [4.69, 9.17) is 5.11 Å². The summed E-state index contributed by atoms with van der Waals surface area (Å²) >= 11 is 0. The molecule has 54 valence electrons. The standard InChI is InChI=1S/C7H15NO/c1-6(3-5-9)7-2-4-8-7/h6-9H,2-5H2,1H3. The molecular weight excluding hydrogens is 114 g/mol. The third kappa shape index (κ3) is 1.66. The minimum absolute atomic E-state index is 0.333. The molecule has 0 bridgehead atoms. The molecule has 9 heavy (non-hydrogen) atoms. The van der Waals surface area contributed by atoms with E-state index < -0.39 is 0 Å². The van der Waals surface area contributed by atoms with Crippen molar-refractivity contribution in [2.75, 3.05) is 13.2 Å². The van der Waals surface area contributed by atoms with Gasteiger partial charge < -0.3 is 10.4 Å². The van der Waals surface area contributed by atoms with Crippen molar-refractivity contribution in [2.45, 2.75) is 25.8 Å². The maximum absolute atomic E-state index is 8.58. The summed E-state index contributed by atoms with van der Waals surface area (Å²) in [6, 6.07) is 0.692. The Bertz CT molecular complexity index is 81.0. The highest BCUT2D eigenvalue weighted by Crippen LogP contribution is 2.15. The molecule has 2 heteroatoms. The third-order valence-electron chi connectivity index (χ3n) is 2.13. The van der Waals surface area contributed by atoms with Crippen LogP contribution in [-0.2, 0) is 0 Å². The predicted octanol–water partition coefficient (Wildman–Crippen LogP) is 0.367. The van der Waals surface area contributed by atoms with E-state index in [1.165, 1.54) is 13.0 Å². The molecule has 2 unspecified atom stereocenters. The zero-order valence-electron chi connectivity index (χ0n) is 5.93. The smallest absolute Gasteiger partial charge is 0.0434 e. The highest BCUT2D eigenvalue weighted by molar-refractivity contribution is 4.81. The maximum atomic E-state index is 8.58. The zero-order valence-corrected chi connectivity index (χ0v) is 5.93. The van der Waals surface area contributed by atoms with Crippen LogP contribution in [0.25, 0.3) is 0 Å². The molecule has 1 saturated heterocycles. The van der Waals surface area contributed by atoms with Crippen LogP contribution in [0.3, 0.4) is 0 Å². The van der Waals surface area contributed by atoms with Crippen LogP contribution < -0.4 is 5.32 Å². The maximum Gasteiger partial charge on any atom is 0.0434 e. The van der Waals surface area contributed by atoms with Gasteiger partial charge >= 0.3 is 0 Å². The molecule has 0 amide bonds. The second kappa shape index (κ2) is 3.18. The largest absolute Gasteiger partial charge is 0.396 e. The van der Waals surface area contributed by atoms with E-state index in [1.54, 1.807) is 0 Å². The molecule has 1 aliphatic rings. The minimum atomic E-state index is 0.333. The van der Waals surface area contributed by atoms with Gasteiger partial charge in [0.25, 0.3) is 0 Å². The summed E-state index contributed by atoms with van der Waals surface area (Å²) in [6.07, 6.45) is 2.23. The van der Waals surface area contributed by atoms with Gasteiger partial charge in [-0.3, -0.25) is 0 Å². The molecule has 0 radical (unpaired) electrons. The fourth-order valence-electron chi connectivity index (χ4n) is 1.20. The Kier molecular flexibility index (Phi) is 2.49. The first-order valence-corrected chi connectivity index (χ1v) is 3.69. The SMILES string of the molecule is CC(CCO)C1CCN1. The summed E-state index contributed by atoms with van der Waals surface area (Å²) < 4.78 is 0. The van der Waals surface area contributed by atoms with Crippen molar-refractivity contribution in [3.8, 4) is 0 Å². The van der Waals surface area contributed by atoms with Crippen molar-refractivity contribution in [3.63, 3.8) is 0 Å². The van der Waals surface area contributed by atoms with E-state index in [9.17, 15) is 0 Å². The van der Waals surface area contributed by atoms with Crippen molar-refractivity contribution in [1.29, 1.82) is 0 Å². The molecule has 0 spiro atoms. The van der Waals surface area contributed by atoms with E-state index >= 15 is 0 Å². The second-order valence-electron chi connectivity index (χ2n) is 2.84. The van der Waals surface area contributed by atoms with Crippen LogP contribution in [-0.4, -0.2) is 24.3 Å². The van der Waals surface area contributed by atoms with Gasteiger partial charge in [0.1, 0.15) is 0 Å². The molecule has 0 aromatic heterocycles. The molecule has 0 aromatic rings. The predicted molar refractivity (Wildman–Crippen MR) is 37.3 cm³/mol. The fraction of sp³-hybridized carbons (Fsp3) is 1.00. The van der Waals surface area contributed by atoms with E-state index in [0.29, 0.717) is 18.6 Å². The summed E-state index contributed by atoms with van der Waals surface area (Å²) in [4.78, 5) is 0. The highest BCUT2D eigenvalue weighted by atomic mass is 16.3. The van der Waals surface area contributed by atoms with Gasteiger partial charge in [0, 0.05) is 12.6 Å². The Balaban J connectivity index is 2.08. The fourth-order valence-corrected chi connectivity index (χ4v) is 1.20. The van der Waals surface area contributed by atoms with E-state index in [2.05, 4.69) is 12.2 Å². The highest BCUT2D eigenvalue weighted by Gasteiger charge is 2.21. The molecule has 1 heterocycles. The van der Waals surface area contributed by atoms with Crippen molar-refractivity contribution in [1.82, 2.24) is 5.32 Å². The molecule has 2 atom stereocenters. The van der Waals surface area contributed by atoms with Crippen LogP contribution in [0.4, 0.5) is 0 Å². The van der Waals surface area contributed by atoms with E-state index in [1.807, 2.05) is 0 Å². The van der Waals surface area contributed by atoms with Gasteiger partial charge in [-0.2, -0.15) is 0 Å². The molecule has 0 aliphatic carbocycles. The van der Waals surface area contributed by atoms with E-state index in [0.717, 1.165) is 6.42 Å². The Morgan fingerprint density at radius 2 is 2.44 bits per heavy atom. The molecular formula is C7H15NO. The Morgan fingerprint density at radius 3 is 2.78 bits per heavy atom. The number of rotatable bonds is 3. The van der Waals surface area contributed by atoms with Crippen LogP contribution in [0, 0.1) is 5.92 Å². The lowest BCUT2D eigenvalue weighted by Gasteiger charge is -2.32. The second-order valence-corrected chi connectivity index (χ2v) is 2.84. The average molecular weight is 129 g/mol. The Hall–Kier alpha value is -0.0800. The molecule has 0 saturated carbocycles. The lowest BCUT2D eigenvalue weighted by molar-refractivity contribution is 0.207. The van der Waals surface area contributed by atoms with Gasteiger partial charge in [-0.15, -0.1) is 0 Å². The summed E-state index contributed by atoms with van der Waals surface area (Å²) in [6.45, 7) is 3.69. The average Bonchev–Trinajstić information content (AvgIpc) is 1.60. The molecule has 2 nitrogen and oxygen atoms in total. The number of nitrogens with one attached hydrogen (secondary N) is 1. The van der Waals surface area contributed by atoms with Crippen LogP contribution in [0.2, 0.25) is 0 Å². The first kappa shape index (κ1) is 7.03. The number of aliphatic hydroxyl groups excluding tert-OH is 1. The minimum Gasteiger partial charge on any atom is -0.396 e. The third-order valence-corrected chi connectivity index (χ3v) is 2.13. The van der Waals surface area contributed by atoms with Gasteiger partial charge in [0.2, 0.25) is 0 Å². The van der Waals surface area contributed by atoms with Crippen molar-refractivity contribution in [3.05, 3.63) is 0 Å². The monoisotopic (exact) mass is 129 g/mol. The zero-order chi connectivity index (χ0) is 6.69. The lowest BCUT2D eigenvalue weighted by atomic mass is 9.91. The van der Waals surface area contributed by atoms with Gasteiger partial charge in [0.15, 0.2) is 0 Å². The quantitative estimate of drug-likeness (QED) is 0.577. The number of hydrogen-bond acceptors (Lipinski definition) is 2. The number of aliphatic hydroxyl groups is 1. The normalized spacial score (nSPS) is 29.3. The van der Waals surface area contributed by atoms with Crippen LogP contribution in [0.1, 0.15) is 19.8 Å². The first-order chi connectivity index (χ1) is 4.34. The van der Waals surface area contributed by atoms with E-state index in [-0.39, 0.29) is 0 Å². The van der Waals surface area contributed by atoms with Crippen LogP contribution in [0.15, 0.2) is 0 Å².